The predicted molar refractivity (Wildman–Crippen MR) is 158 cm³/mol. The Morgan fingerprint density at radius 1 is 1.02 bits per heavy atom. The van der Waals surface area contributed by atoms with E-state index in [4.69, 9.17) is 16.3 Å². The number of carbonyl (C=O) groups excluding carboxylic acids is 4. The number of rotatable bonds is 9. The summed E-state index contributed by atoms with van der Waals surface area (Å²) < 4.78 is 6.34. The lowest BCUT2D eigenvalue weighted by atomic mass is 9.95. The average molecular weight is 636 g/mol. The highest BCUT2D eigenvalue weighted by atomic mass is 35.5. The zero-order valence-electron chi connectivity index (χ0n) is 23.3. The molecule has 13 nitrogen and oxygen atoms in total. The maximum atomic E-state index is 14.3. The number of hydrogen-bond donors (Lipinski definition) is 0. The number of halogens is 1. The predicted octanol–water partition coefficient (Wildman–Crippen LogP) is 3.90. The van der Waals surface area contributed by atoms with Crippen LogP contribution in [-0.2, 0) is 20.9 Å². The summed E-state index contributed by atoms with van der Waals surface area (Å²) in [5, 5.41) is 19.3. The summed E-state index contributed by atoms with van der Waals surface area (Å²) in [5.74, 6) is -2.67. The molecular weight excluding hydrogens is 612 g/mol. The van der Waals surface area contributed by atoms with Gasteiger partial charge in [-0.15, -0.1) is 5.10 Å². The summed E-state index contributed by atoms with van der Waals surface area (Å²) in [6.45, 7) is 2.70. The molecule has 1 fully saturated rings. The Labute approximate surface area is 259 Å². The topological polar surface area (TPSA) is 155 Å². The van der Waals surface area contributed by atoms with Crippen molar-refractivity contribution in [3.8, 4) is 0 Å². The van der Waals surface area contributed by atoms with Crippen molar-refractivity contribution in [3.63, 3.8) is 0 Å². The van der Waals surface area contributed by atoms with Gasteiger partial charge in [-0.1, -0.05) is 41.1 Å². The van der Waals surface area contributed by atoms with Crippen molar-refractivity contribution in [2.24, 2.45) is 0 Å². The van der Waals surface area contributed by atoms with E-state index in [9.17, 15) is 29.3 Å². The molecule has 3 unspecified atom stereocenters. The van der Waals surface area contributed by atoms with Crippen molar-refractivity contribution in [1.29, 1.82) is 0 Å². The van der Waals surface area contributed by atoms with Gasteiger partial charge in [0.05, 0.1) is 16.1 Å². The Hall–Kier alpha value is -4.66. The highest BCUT2D eigenvalue weighted by molar-refractivity contribution is 7.99. The molecule has 0 saturated carbocycles. The van der Waals surface area contributed by atoms with Crippen LogP contribution in [0.2, 0.25) is 0 Å². The van der Waals surface area contributed by atoms with E-state index in [1.807, 2.05) is 12.1 Å². The second-order valence-electron chi connectivity index (χ2n) is 10.8. The van der Waals surface area contributed by atoms with E-state index in [0.717, 1.165) is 16.8 Å². The second-order valence-corrected chi connectivity index (χ2v) is 12.8. The van der Waals surface area contributed by atoms with Gasteiger partial charge < -0.3 is 4.74 Å². The fourth-order valence-electron chi connectivity index (χ4n) is 5.57. The number of fused-ring (bicyclic) bond motifs is 2. The molecule has 0 bridgehead atoms. The first-order chi connectivity index (χ1) is 21.0. The monoisotopic (exact) mass is 635 g/mol. The number of benzene rings is 3. The van der Waals surface area contributed by atoms with Gasteiger partial charge >= 0.3 is 11.9 Å². The summed E-state index contributed by atoms with van der Waals surface area (Å²) in [6, 6.07) is 17.6. The number of imide groups is 1. The summed E-state index contributed by atoms with van der Waals surface area (Å²) in [5.41, 5.74) is 0.799. The number of β-lactam (4-membered cyclic amide) rings is 1. The molecule has 3 atom stereocenters. The van der Waals surface area contributed by atoms with Gasteiger partial charge in [0.25, 0.3) is 17.5 Å². The Balaban J connectivity index is 1.30. The lowest BCUT2D eigenvalue weighted by Crippen LogP contribution is -2.85. The van der Waals surface area contributed by atoms with E-state index in [-0.39, 0.29) is 23.4 Å². The van der Waals surface area contributed by atoms with Gasteiger partial charge in [0, 0.05) is 37.9 Å². The fourth-order valence-corrected chi connectivity index (χ4v) is 7.42. The summed E-state index contributed by atoms with van der Waals surface area (Å²) in [4.78, 5) is 64.3. The van der Waals surface area contributed by atoms with Crippen LogP contribution < -0.4 is 0 Å². The Bertz CT molecular complexity index is 1830. The highest BCUT2D eigenvalue weighted by Crippen LogP contribution is 2.50. The Kier molecular flexibility index (Phi) is 7.22. The molecule has 0 radical (unpaired) electrons. The van der Waals surface area contributed by atoms with Crippen LogP contribution in [-0.4, -0.2) is 75.4 Å². The molecule has 224 valence electrons. The quantitative estimate of drug-likeness (QED) is 0.0386. The summed E-state index contributed by atoms with van der Waals surface area (Å²) >= 11 is 8.13. The van der Waals surface area contributed by atoms with E-state index in [1.54, 1.807) is 38.1 Å². The molecule has 0 aliphatic carbocycles. The van der Waals surface area contributed by atoms with Gasteiger partial charge in [-0.3, -0.25) is 24.6 Å². The van der Waals surface area contributed by atoms with Crippen molar-refractivity contribution in [3.05, 3.63) is 99.6 Å². The zero-order valence-corrected chi connectivity index (χ0v) is 24.9. The molecule has 3 amide bonds. The van der Waals surface area contributed by atoms with Gasteiger partial charge in [-0.2, -0.15) is 4.09 Å². The number of alkyl halides is 1. The maximum absolute atomic E-state index is 14.3. The molecule has 2 aliphatic rings. The molecule has 3 heterocycles. The van der Waals surface area contributed by atoms with Gasteiger partial charge in [0.15, 0.2) is 11.4 Å². The number of nitro groups is 1. The smallest absolute Gasteiger partial charge is 0.362 e. The van der Waals surface area contributed by atoms with E-state index in [1.165, 1.54) is 40.5 Å². The van der Waals surface area contributed by atoms with Crippen LogP contribution in [0.1, 0.15) is 40.1 Å². The highest BCUT2D eigenvalue weighted by Gasteiger charge is 2.74. The third-order valence-corrected chi connectivity index (χ3v) is 9.74. The minimum Gasteiger partial charge on any atom is -0.457 e. The first-order valence-corrected chi connectivity index (χ1v) is 14.6. The standard InChI is InChI=1S/C29H24ClN6O7S/c1-29(2,44-34-22-10-6-5-9-21(22)31-32-34)36(15-23(37)43-16-17-11-13-18(14-12-17)35(41)42)25(30)24(28(36)40)33-26(38)19-7-3-4-8-20(19)27(33)39/h3-14,24-25H,15-16H2,1-2H3/q+1. The van der Waals surface area contributed by atoms with Crippen LogP contribution in [0.5, 0.6) is 0 Å². The number of quaternary nitrogens is 1. The lowest BCUT2D eigenvalue weighted by Gasteiger charge is -2.58. The normalized spacial score (nSPS) is 21.3. The molecule has 44 heavy (non-hydrogen) atoms. The van der Waals surface area contributed by atoms with E-state index < -0.39 is 56.1 Å². The third-order valence-electron chi connectivity index (χ3n) is 7.95. The molecule has 0 spiro atoms. The molecular formula is C29H24ClN6O7S+. The molecule has 1 aromatic heterocycles. The molecule has 15 heteroatoms. The Morgan fingerprint density at radius 3 is 2.25 bits per heavy atom. The first-order valence-electron chi connectivity index (χ1n) is 13.4. The number of nitrogens with zero attached hydrogens (tertiary/aromatic N) is 6. The molecule has 0 N–H and O–H groups in total. The fraction of sp³-hybridized carbons (Fsp3) is 0.241. The van der Waals surface area contributed by atoms with Crippen molar-refractivity contribution in [1.82, 2.24) is 19.3 Å². The SMILES string of the molecule is CC(C)(Sn1nnc2ccccc21)[N+]1(CC(=O)OCc2ccc([N+](=O)[O-])cc2)C(=O)C(N2C(=O)c3ccccc3C2=O)C1Cl. The van der Waals surface area contributed by atoms with Crippen LogP contribution in [0.25, 0.3) is 11.0 Å². The maximum Gasteiger partial charge on any atom is 0.362 e. The van der Waals surface area contributed by atoms with E-state index in [2.05, 4.69) is 10.3 Å². The van der Waals surface area contributed by atoms with Gasteiger partial charge in [0.1, 0.15) is 17.6 Å². The number of likely N-dealkylation sites (tertiary alicyclic amines) is 1. The van der Waals surface area contributed by atoms with Crippen molar-refractivity contribution in [2.75, 3.05) is 6.54 Å². The molecule has 3 aromatic carbocycles. The van der Waals surface area contributed by atoms with Gasteiger partial charge in [0.2, 0.25) is 11.5 Å². The van der Waals surface area contributed by atoms with Crippen molar-refractivity contribution >= 4 is 64.0 Å². The number of amides is 3. The minimum atomic E-state index is -1.33. The number of carbonyl (C=O) groups is 4. The number of hydrogen-bond acceptors (Lipinski definition) is 10. The molecule has 2 aliphatic heterocycles. The molecule has 1 saturated heterocycles. The summed E-state index contributed by atoms with van der Waals surface area (Å²) in [7, 11) is 0. The van der Waals surface area contributed by atoms with Crippen LogP contribution in [0.4, 0.5) is 5.69 Å². The molecule has 6 rings (SSSR count). The second kappa shape index (κ2) is 10.8. The summed E-state index contributed by atoms with van der Waals surface area (Å²) in [6.07, 6.45) is 0. The number of ether oxygens (including phenoxy) is 1. The zero-order chi connectivity index (χ0) is 31.4. The number of esters is 1. The minimum absolute atomic E-state index is 0.112. The number of aromatic nitrogens is 3. The van der Waals surface area contributed by atoms with Crippen LogP contribution in [0.3, 0.4) is 0 Å². The number of non-ortho nitro benzene ring substituents is 1. The van der Waals surface area contributed by atoms with Crippen LogP contribution >= 0.6 is 23.5 Å². The Morgan fingerprint density at radius 2 is 1.64 bits per heavy atom. The van der Waals surface area contributed by atoms with Crippen LogP contribution in [0.15, 0.2) is 72.8 Å². The average Bonchev–Trinajstić information content (AvgIpc) is 3.52. The van der Waals surface area contributed by atoms with E-state index in [0.29, 0.717) is 16.6 Å². The molecule has 4 aromatic rings. The third kappa shape index (κ3) is 4.53. The number of nitro benzene ring substituents is 1. The van der Waals surface area contributed by atoms with Gasteiger partial charge in [-0.05, 0) is 42.0 Å². The number of para-hydroxylation sites is 1. The first kappa shape index (κ1) is 29.4. The largest absolute Gasteiger partial charge is 0.457 e. The van der Waals surface area contributed by atoms with Gasteiger partial charge in [-0.25, -0.2) is 14.1 Å². The van der Waals surface area contributed by atoms with E-state index >= 15 is 0 Å². The van der Waals surface area contributed by atoms with Crippen LogP contribution in [0, 0.1) is 10.1 Å². The lowest BCUT2D eigenvalue weighted by molar-refractivity contribution is -0.919. The van der Waals surface area contributed by atoms with Crippen molar-refractivity contribution < 1.29 is 33.3 Å². The van der Waals surface area contributed by atoms with Crippen molar-refractivity contribution in [2.45, 2.75) is 36.9 Å².